The zero-order valence-electron chi connectivity index (χ0n) is 9.82. The molecule has 1 saturated carbocycles. The summed E-state index contributed by atoms with van der Waals surface area (Å²) >= 11 is 0. The predicted octanol–water partition coefficient (Wildman–Crippen LogP) is 2.31. The van der Waals surface area contributed by atoms with Gasteiger partial charge in [-0.2, -0.15) is 4.98 Å². The van der Waals surface area contributed by atoms with Crippen LogP contribution in [0.25, 0.3) is 0 Å². The van der Waals surface area contributed by atoms with E-state index in [0.29, 0.717) is 6.04 Å². The molecule has 1 heterocycles. The molecule has 4 nitrogen and oxygen atoms in total. The van der Waals surface area contributed by atoms with Gasteiger partial charge in [0.1, 0.15) is 0 Å². The van der Waals surface area contributed by atoms with Crippen molar-refractivity contribution >= 4 is 0 Å². The number of aromatic nitrogens is 2. The smallest absolute Gasteiger partial charge is 0.227 e. The van der Waals surface area contributed by atoms with Crippen molar-refractivity contribution in [1.82, 2.24) is 15.5 Å². The monoisotopic (exact) mass is 223 g/mol. The highest BCUT2D eigenvalue weighted by molar-refractivity contribution is 4.77. The average Bonchev–Trinajstić information content (AvgIpc) is 2.73. The van der Waals surface area contributed by atoms with Crippen LogP contribution in [-0.2, 0) is 6.42 Å². The molecule has 0 bridgehead atoms. The third-order valence-electron chi connectivity index (χ3n) is 3.28. The lowest BCUT2D eigenvalue weighted by molar-refractivity contribution is 0.358. The molecule has 1 aromatic heterocycles. The summed E-state index contributed by atoms with van der Waals surface area (Å²) in [6.45, 7) is 0.951. The average molecular weight is 223 g/mol. The molecule has 1 aromatic rings. The fourth-order valence-corrected chi connectivity index (χ4v) is 2.35. The number of nitrogens with one attached hydrogen (secondary N) is 1. The van der Waals surface area contributed by atoms with Crippen molar-refractivity contribution in [3.05, 3.63) is 12.2 Å². The first-order valence-corrected chi connectivity index (χ1v) is 6.44. The summed E-state index contributed by atoms with van der Waals surface area (Å²) < 4.78 is 4.97. The fourth-order valence-electron chi connectivity index (χ4n) is 2.35. The first-order chi connectivity index (χ1) is 7.95. The van der Waals surface area contributed by atoms with E-state index in [0.717, 1.165) is 18.9 Å². The molecular formula is C12H21N3O. The van der Waals surface area contributed by atoms with Crippen molar-refractivity contribution in [2.24, 2.45) is 0 Å². The van der Waals surface area contributed by atoms with Gasteiger partial charge >= 0.3 is 0 Å². The van der Waals surface area contributed by atoms with E-state index < -0.39 is 0 Å². The van der Waals surface area contributed by atoms with Gasteiger partial charge in [-0.3, -0.25) is 0 Å². The molecule has 1 N–H and O–H groups in total. The third-order valence-corrected chi connectivity index (χ3v) is 3.28. The van der Waals surface area contributed by atoms with Crippen molar-refractivity contribution in [2.45, 2.75) is 57.4 Å². The highest BCUT2D eigenvalue weighted by Gasteiger charge is 2.10. The summed E-state index contributed by atoms with van der Waals surface area (Å²) in [5, 5.41) is 7.20. The van der Waals surface area contributed by atoms with E-state index in [9.17, 15) is 0 Å². The molecule has 0 aromatic carbocycles. The fraction of sp³-hybridized carbons (Fsp3) is 0.833. The lowest BCUT2D eigenvalue weighted by atomic mass is 9.97. The van der Waals surface area contributed by atoms with Gasteiger partial charge in [-0.1, -0.05) is 37.3 Å². The van der Waals surface area contributed by atoms with Gasteiger partial charge in [-0.15, -0.1) is 0 Å². The maximum absolute atomic E-state index is 4.97. The number of nitrogens with zero attached hydrogens (tertiary/aromatic N) is 2. The van der Waals surface area contributed by atoms with Gasteiger partial charge < -0.3 is 9.84 Å². The van der Waals surface area contributed by atoms with Gasteiger partial charge in [0.2, 0.25) is 5.89 Å². The Bertz CT molecular complexity index is 266. The molecule has 0 saturated heterocycles. The minimum Gasteiger partial charge on any atom is -0.340 e. The summed E-state index contributed by atoms with van der Waals surface area (Å²) in [7, 11) is 0. The molecule has 0 spiro atoms. The quantitative estimate of drug-likeness (QED) is 0.851. The van der Waals surface area contributed by atoms with E-state index in [1.165, 1.54) is 51.3 Å². The van der Waals surface area contributed by atoms with E-state index in [4.69, 9.17) is 4.52 Å². The van der Waals surface area contributed by atoms with Gasteiger partial charge in [0.25, 0.3) is 0 Å². The summed E-state index contributed by atoms with van der Waals surface area (Å²) in [6.07, 6.45) is 11.9. The second-order valence-electron chi connectivity index (χ2n) is 4.58. The summed E-state index contributed by atoms with van der Waals surface area (Å²) in [4.78, 5) is 4.01. The van der Waals surface area contributed by atoms with E-state index >= 15 is 0 Å². The van der Waals surface area contributed by atoms with E-state index in [1.807, 2.05) is 0 Å². The topological polar surface area (TPSA) is 51.0 Å². The molecule has 1 fully saturated rings. The van der Waals surface area contributed by atoms with Crippen molar-refractivity contribution in [3.8, 4) is 0 Å². The molecule has 1 aliphatic rings. The van der Waals surface area contributed by atoms with Gasteiger partial charge in [0, 0.05) is 19.0 Å². The number of hydrogen-bond acceptors (Lipinski definition) is 4. The van der Waals surface area contributed by atoms with Crippen LogP contribution in [0.4, 0.5) is 0 Å². The maximum Gasteiger partial charge on any atom is 0.227 e. The molecule has 0 radical (unpaired) electrons. The summed E-state index contributed by atoms with van der Waals surface area (Å²) in [5.41, 5.74) is 0. The SMILES string of the molecule is c1noc(CCNC2CCCCCCC2)n1. The summed E-state index contributed by atoms with van der Waals surface area (Å²) in [5.74, 6) is 0.735. The lowest BCUT2D eigenvalue weighted by Crippen LogP contribution is -2.31. The standard InChI is InChI=1S/C12H21N3O/c1-2-4-6-11(7-5-3-1)13-9-8-12-14-10-15-16-12/h10-11,13H,1-9H2. The van der Waals surface area contributed by atoms with Gasteiger partial charge in [-0.05, 0) is 12.8 Å². The minimum absolute atomic E-state index is 0.697. The van der Waals surface area contributed by atoms with Crippen LogP contribution in [0.5, 0.6) is 0 Å². The Kier molecular flexibility index (Phi) is 4.80. The van der Waals surface area contributed by atoms with Crippen LogP contribution < -0.4 is 5.32 Å². The zero-order valence-corrected chi connectivity index (χ0v) is 9.82. The maximum atomic E-state index is 4.97. The van der Waals surface area contributed by atoms with Crippen LogP contribution in [0.1, 0.15) is 50.8 Å². The molecular weight excluding hydrogens is 202 g/mol. The van der Waals surface area contributed by atoms with Gasteiger partial charge in [0.05, 0.1) is 0 Å². The largest absolute Gasteiger partial charge is 0.340 e. The first kappa shape index (κ1) is 11.6. The van der Waals surface area contributed by atoms with Crippen LogP contribution in [0.15, 0.2) is 10.9 Å². The zero-order chi connectivity index (χ0) is 11.1. The van der Waals surface area contributed by atoms with Gasteiger partial charge in [-0.25, -0.2) is 0 Å². The Morgan fingerprint density at radius 1 is 1.19 bits per heavy atom. The van der Waals surface area contributed by atoms with E-state index in [2.05, 4.69) is 15.5 Å². The van der Waals surface area contributed by atoms with Crippen LogP contribution in [0.3, 0.4) is 0 Å². The molecule has 1 aliphatic carbocycles. The van der Waals surface area contributed by atoms with Crippen LogP contribution >= 0.6 is 0 Å². The Hall–Kier alpha value is -0.900. The Morgan fingerprint density at radius 2 is 1.94 bits per heavy atom. The highest BCUT2D eigenvalue weighted by Crippen LogP contribution is 2.16. The third kappa shape index (κ3) is 3.93. The van der Waals surface area contributed by atoms with Crippen LogP contribution in [0.2, 0.25) is 0 Å². The van der Waals surface area contributed by atoms with Crippen LogP contribution in [-0.4, -0.2) is 22.7 Å². The predicted molar refractivity (Wildman–Crippen MR) is 62.1 cm³/mol. The normalized spacial score (nSPS) is 19.2. The van der Waals surface area contributed by atoms with Crippen molar-refractivity contribution in [2.75, 3.05) is 6.54 Å². The van der Waals surface area contributed by atoms with Crippen molar-refractivity contribution in [1.29, 1.82) is 0 Å². The van der Waals surface area contributed by atoms with E-state index in [1.54, 1.807) is 0 Å². The molecule has 4 heteroatoms. The Morgan fingerprint density at radius 3 is 2.62 bits per heavy atom. The molecule has 0 atom stereocenters. The van der Waals surface area contributed by atoms with Crippen molar-refractivity contribution < 1.29 is 4.52 Å². The summed E-state index contributed by atoms with van der Waals surface area (Å²) in [6, 6.07) is 0.697. The second-order valence-corrected chi connectivity index (χ2v) is 4.58. The highest BCUT2D eigenvalue weighted by atomic mass is 16.5. The molecule has 2 rings (SSSR count). The molecule has 0 aliphatic heterocycles. The Labute approximate surface area is 96.8 Å². The number of rotatable bonds is 4. The first-order valence-electron chi connectivity index (χ1n) is 6.44. The Balaban J connectivity index is 1.64. The van der Waals surface area contributed by atoms with Crippen LogP contribution in [0, 0.1) is 0 Å². The van der Waals surface area contributed by atoms with Gasteiger partial charge in [0.15, 0.2) is 6.33 Å². The van der Waals surface area contributed by atoms with Crippen molar-refractivity contribution in [3.63, 3.8) is 0 Å². The number of hydrogen-bond donors (Lipinski definition) is 1. The molecule has 16 heavy (non-hydrogen) atoms. The molecule has 90 valence electrons. The lowest BCUT2D eigenvalue weighted by Gasteiger charge is -2.20. The molecule has 0 unspecified atom stereocenters. The molecule has 0 amide bonds. The van der Waals surface area contributed by atoms with E-state index in [-0.39, 0.29) is 0 Å². The second kappa shape index (κ2) is 6.63. The minimum atomic E-state index is 0.697.